The Morgan fingerprint density at radius 3 is 2.79 bits per heavy atom. The number of rotatable bonds is 0. The summed E-state index contributed by atoms with van der Waals surface area (Å²) in [5.41, 5.74) is 2.90. The van der Waals surface area contributed by atoms with Crippen molar-refractivity contribution >= 4 is 20.6 Å². The molecular formula is C8H5N3O2S. The highest BCUT2D eigenvalue weighted by Gasteiger charge is 2.28. The quantitative estimate of drug-likeness (QED) is 0.679. The Kier molecular flexibility index (Phi) is 1.75. The van der Waals surface area contributed by atoms with E-state index in [0.717, 1.165) is 0 Å². The first-order valence-electron chi connectivity index (χ1n) is 3.74. The molecule has 0 atom stereocenters. The molecule has 2 rings (SSSR count). The van der Waals surface area contributed by atoms with Crippen molar-refractivity contribution < 1.29 is 8.42 Å². The summed E-state index contributed by atoms with van der Waals surface area (Å²) in [7, 11) is -3.71. The van der Waals surface area contributed by atoms with Gasteiger partial charge in [-0.3, -0.25) is 5.43 Å². The lowest BCUT2D eigenvalue weighted by molar-refractivity contribution is 0.607. The lowest BCUT2D eigenvalue weighted by Crippen LogP contribution is -2.20. The molecule has 1 heterocycles. The molecule has 0 amide bonds. The second-order valence-electron chi connectivity index (χ2n) is 2.64. The first kappa shape index (κ1) is 8.72. The molecule has 1 N–H and O–H groups in total. The maximum Gasteiger partial charge on any atom is 0.256 e. The van der Waals surface area contributed by atoms with Crippen LogP contribution in [0.2, 0.25) is 0 Å². The number of para-hydroxylation sites is 1. The van der Waals surface area contributed by atoms with Gasteiger partial charge in [0, 0.05) is 0 Å². The maximum absolute atomic E-state index is 11.6. The van der Waals surface area contributed by atoms with E-state index in [4.69, 9.17) is 5.26 Å². The van der Waals surface area contributed by atoms with Gasteiger partial charge in [0.2, 0.25) is 9.84 Å². The predicted octanol–water partition coefficient (Wildman–Crippen LogP) is 0.723. The molecule has 0 unspecified atom stereocenters. The molecule has 0 bridgehead atoms. The Morgan fingerprint density at radius 1 is 1.36 bits per heavy atom. The Morgan fingerprint density at radius 2 is 2.07 bits per heavy atom. The number of hydrazone groups is 1. The van der Waals surface area contributed by atoms with Crippen LogP contribution in [-0.4, -0.2) is 13.5 Å². The van der Waals surface area contributed by atoms with Crippen molar-refractivity contribution in [2.45, 2.75) is 4.90 Å². The van der Waals surface area contributed by atoms with Gasteiger partial charge in [-0.1, -0.05) is 12.1 Å². The summed E-state index contributed by atoms with van der Waals surface area (Å²) >= 11 is 0. The van der Waals surface area contributed by atoms with Crippen molar-refractivity contribution in [2.24, 2.45) is 5.10 Å². The van der Waals surface area contributed by atoms with Gasteiger partial charge < -0.3 is 0 Å². The topological polar surface area (TPSA) is 82.3 Å². The number of hydrogen-bond donors (Lipinski definition) is 1. The standard InChI is InChI=1S/C8H5N3O2S/c9-5-8-11-10-6-3-1-2-4-7(6)14(8,12)13/h1-4,10H. The van der Waals surface area contributed by atoms with E-state index in [2.05, 4.69) is 10.5 Å². The van der Waals surface area contributed by atoms with Crippen LogP contribution in [0.5, 0.6) is 0 Å². The fourth-order valence-corrected chi connectivity index (χ4v) is 2.31. The maximum atomic E-state index is 11.6. The van der Waals surface area contributed by atoms with Crippen molar-refractivity contribution in [1.29, 1.82) is 5.26 Å². The number of benzene rings is 1. The Bertz CT molecular complexity index is 554. The molecule has 1 aliphatic heterocycles. The zero-order valence-corrected chi connectivity index (χ0v) is 7.75. The van der Waals surface area contributed by atoms with E-state index in [1.807, 2.05) is 0 Å². The monoisotopic (exact) mass is 207 g/mol. The molecule has 1 aliphatic rings. The first-order chi connectivity index (χ1) is 6.66. The second-order valence-corrected chi connectivity index (χ2v) is 4.47. The molecule has 70 valence electrons. The van der Waals surface area contributed by atoms with Crippen LogP contribution in [0.1, 0.15) is 0 Å². The van der Waals surface area contributed by atoms with Crippen LogP contribution in [0.4, 0.5) is 5.69 Å². The van der Waals surface area contributed by atoms with E-state index < -0.39 is 14.9 Å². The van der Waals surface area contributed by atoms with Gasteiger partial charge in [0.25, 0.3) is 5.04 Å². The summed E-state index contributed by atoms with van der Waals surface area (Å²) in [6, 6.07) is 7.84. The summed E-state index contributed by atoms with van der Waals surface area (Å²) in [5.74, 6) is 0. The SMILES string of the molecule is N#CC1=NNc2ccccc2S1(=O)=O. The van der Waals surface area contributed by atoms with E-state index in [0.29, 0.717) is 5.69 Å². The van der Waals surface area contributed by atoms with Gasteiger partial charge >= 0.3 is 0 Å². The van der Waals surface area contributed by atoms with Crippen molar-refractivity contribution in [1.82, 2.24) is 0 Å². The molecule has 1 aromatic carbocycles. The van der Waals surface area contributed by atoms with E-state index >= 15 is 0 Å². The highest BCUT2D eigenvalue weighted by molar-refractivity contribution is 8.07. The van der Waals surface area contributed by atoms with Crippen molar-refractivity contribution in [3.8, 4) is 6.07 Å². The number of nitriles is 1. The number of fused-ring (bicyclic) bond motifs is 1. The van der Waals surface area contributed by atoms with Crippen molar-refractivity contribution in [3.63, 3.8) is 0 Å². The zero-order chi connectivity index (χ0) is 10.2. The average molecular weight is 207 g/mol. The van der Waals surface area contributed by atoms with Gasteiger partial charge in [-0.2, -0.15) is 10.4 Å². The van der Waals surface area contributed by atoms with Gasteiger partial charge in [-0.25, -0.2) is 8.42 Å². The fourth-order valence-electron chi connectivity index (χ4n) is 1.15. The lowest BCUT2D eigenvalue weighted by atomic mass is 10.3. The summed E-state index contributed by atoms with van der Waals surface area (Å²) in [5, 5.41) is 11.5. The minimum Gasteiger partial charge on any atom is -0.275 e. The number of anilines is 1. The summed E-state index contributed by atoms with van der Waals surface area (Å²) in [4.78, 5) is 0.0894. The van der Waals surface area contributed by atoms with E-state index in [1.165, 1.54) is 12.1 Å². The Labute approximate surface area is 80.6 Å². The van der Waals surface area contributed by atoms with E-state index in [-0.39, 0.29) is 4.90 Å². The largest absolute Gasteiger partial charge is 0.275 e. The minimum atomic E-state index is -3.71. The average Bonchev–Trinajstić information content (AvgIpc) is 2.18. The van der Waals surface area contributed by atoms with Gasteiger partial charge in [-0.05, 0) is 12.1 Å². The van der Waals surface area contributed by atoms with Crippen LogP contribution in [0.15, 0.2) is 34.3 Å². The second kappa shape index (κ2) is 2.82. The first-order valence-corrected chi connectivity index (χ1v) is 5.22. The van der Waals surface area contributed by atoms with Crippen LogP contribution in [0.25, 0.3) is 0 Å². The van der Waals surface area contributed by atoms with Crippen LogP contribution < -0.4 is 5.43 Å². The smallest absolute Gasteiger partial charge is 0.256 e. The molecule has 14 heavy (non-hydrogen) atoms. The third kappa shape index (κ3) is 1.07. The van der Waals surface area contributed by atoms with Crippen LogP contribution >= 0.6 is 0 Å². The number of sulfone groups is 1. The molecule has 0 saturated carbocycles. The van der Waals surface area contributed by atoms with Crippen molar-refractivity contribution in [2.75, 3.05) is 5.43 Å². The van der Waals surface area contributed by atoms with Crippen LogP contribution in [0, 0.1) is 11.3 Å². The number of hydrogen-bond acceptors (Lipinski definition) is 5. The zero-order valence-electron chi connectivity index (χ0n) is 6.93. The summed E-state index contributed by atoms with van der Waals surface area (Å²) < 4.78 is 23.3. The molecule has 0 radical (unpaired) electrons. The van der Waals surface area contributed by atoms with Gasteiger partial charge in [0.05, 0.1) is 10.6 Å². The van der Waals surface area contributed by atoms with Gasteiger partial charge in [-0.15, -0.1) is 0 Å². The molecule has 0 fully saturated rings. The molecule has 0 aliphatic carbocycles. The molecular weight excluding hydrogens is 202 g/mol. The van der Waals surface area contributed by atoms with Crippen LogP contribution in [0.3, 0.4) is 0 Å². The van der Waals surface area contributed by atoms with Gasteiger partial charge in [0.1, 0.15) is 6.07 Å². The molecule has 0 aromatic heterocycles. The highest BCUT2D eigenvalue weighted by atomic mass is 32.2. The molecule has 0 spiro atoms. The summed E-state index contributed by atoms with van der Waals surface area (Å²) in [6.45, 7) is 0. The Balaban J connectivity index is 2.74. The van der Waals surface area contributed by atoms with Crippen molar-refractivity contribution in [3.05, 3.63) is 24.3 Å². The fraction of sp³-hybridized carbons (Fsp3) is 0. The molecule has 0 saturated heterocycles. The lowest BCUT2D eigenvalue weighted by Gasteiger charge is -2.12. The minimum absolute atomic E-state index is 0.0894. The van der Waals surface area contributed by atoms with Crippen LogP contribution in [-0.2, 0) is 9.84 Å². The van der Waals surface area contributed by atoms with E-state index in [1.54, 1.807) is 18.2 Å². The van der Waals surface area contributed by atoms with E-state index in [9.17, 15) is 8.42 Å². The predicted molar refractivity (Wildman–Crippen MR) is 50.3 cm³/mol. The molecule has 1 aromatic rings. The third-order valence-electron chi connectivity index (χ3n) is 1.80. The third-order valence-corrected chi connectivity index (χ3v) is 3.43. The highest BCUT2D eigenvalue weighted by Crippen LogP contribution is 2.26. The summed E-state index contributed by atoms with van der Waals surface area (Å²) in [6.07, 6.45) is 0. The molecule has 6 heteroatoms. The molecule has 5 nitrogen and oxygen atoms in total. The van der Waals surface area contributed by atoms with Gasteiger partial charge in [0.15, 0.2) is 0 Å². The number of nitrogens with one attached hydrogen (secondary N) is 1. The Hall–Kier alpha value is -1.87. The normalized spacial score (nSPS) is 17.2. The number of nitrogens with zero attached hydrogens (tertiary/aromatic N) is 2.